The van der Waals surface area contributed by atoms with E-state index in [0.717, 1.165) is 67.9 Å². The number of hydrogen-bond donors (Lipinski definition) is 2. The van der Waals surface area contributed by atoms with Crippen LogP contribution in [0.5, 0.6) is 5.75 Å². The number of carbonyl (C=O) groups excluding carboxylic acids is 1. The molecule has 1 amide bonds. The van der Waals surface area contributed by atoms with Crippen LogP contribution < -0.4 is 15.8 Å². The van der Waals surface area contributed by atoms with E-state index in [0.29, 0.717) is 0 Å². The molecule has 1 saturated heterocycles. The molecule has 0 spiro atoms. The molecule has 1 aromatic heterocycles. The van der Waals surface area contributed by atoms with E-state index in [2.05, 4.69) is 23.2 Å². The molecule has 6 heteroatoms. The lowest BCUT2D eigenvalue weighted by Crippen LogP contribution is -2.41. The van der Waals surface area contributed by atoms with Crippen LogP contribution in [0.3, 0.4) is 0 Å². The summed E-state index contributed by atoms with van der Waals surface area (Å²) in [5.41, 5.74) is 7.58. The number of piperidine rings is 1. The van der Waals surface area contributed by atoms with Gasteiger partial charge in [0.2, 0.25) is 5.91 Å². The van der Waals surface area contributed by atoms with Crippen molar-refractivity contribution in [1.29, 1.82) is 0 Å². The van der Waals surface area contributed by atoms with Gasteiger partial charge in [0.1, 0.15) is 11.6 Å². The van der Waals surface area contributed by atoms with Crippen LogP contribution in [0.25, 0.3) is 10.9 Å². The number of pyridine rings is 1. The molecule has 1 aliphatic rings. The monoisotopic (exact) mass is 356 g/mol. The normalized spacial score (nSPS) is 18.0. The lowest BCUT2D eigenvalue weighted by Gasteiger charge is -2.31. The van der Waals surface area contributed by atoms with Gasteiger partial charge in [-0.05, 0) is 63.0 Å². The number of amides is 1. The molecule has 0 saturated carbocycles. The predicted molar refractivity (Wildman–Crippen MR) is 104 cm³/mol. The number of rotatable bonds is 7. The Hall–Kier alpha value is -2.34. The molecule has 0 aliphatic carbocycles. The van der Waals surface area contributed by atoms with Crippen LogP contribution >= 0.6 is 0 Å². The third kappa shape index (κ3) is 4.43. The first kappa shape index (κ1) is 18.5. The van der Waals surface area contributed by atoms with Crippen molar-refractivity contribution in [2.24, 2.45) is 11.7 Å². The third-order valence-corrected chi connectivity index (χ3v) is 5.09. The first-order valence-corrected chi connectivity index (χ1v) is 9.28. The largest absolute Gasteiger partial charge is 0.497 e. The molecule has 0 radical (unpaired) electrons. The van der Waals surface area contributed by atoms with Gasteiger partial charge < -0.3 is 20.7 Å². The Kier molecular flexibility index (Phi) is 5.93. The highest BCUT2D eigenvalue weighted by Gasteiger charge is 2.23. The van der Waals surface area contributed by atoms with E-state index < -0.39 is 0 Å². The van der Waals surface area contributed by atoms with Crippen molar-refractivity contribution in [3.63, 3.8) is 0 Å². The third-order valence-electron chi connectivity index (χ3n) is 5.09. The predicted octanol–water partition coefficient (Wildman–Crippen LogP) is 2.55. The molecule has 2 heterocycles. The van der Waals surface area contributed by atoms with Gasteiger partial charge in [0, 0.05) is 24.5 Å². The number of aryl methyl sites for hydroxylation is 1. The number of nitrogens with one attached hydrogen (secondary N) is 1. The molecule has 1 aromatic carbocycles. The van der Waals surface area contributed by atoms with E-state index in [-0.39, 0.29) is 11.8 Å². The quantitative estimate of drug-likeness (QED) is 0.745. The van der Waals surface area contributed by atoms with Gasteiger partial charge in [-0.15, -0.1) is 0 Å². The number of nitrogens with two attached hydrogens (primary N) is 1. The molecule has 1 aliphatic heterocycles. The minimum Gasteiger partial charge on any atom is -0.497 e. The van der Waals surface area contributed by atoms with Crippen LogP contribution in [0.4, 0.5) is 5.82 Å². The molecular formula is C20H28N4O2. The molecule has 26 heavy (non-hydrogen) atoms. The number of ether oxygens (including phenoxy) is 1. The fourth-order valence-electron chi connectivity index (χ4n) is 3.61. The van der Waals surface area contributed by atoms with Crippen LogP contribution in [0.15, 0.2) is 24.3 Å². The van der Waals surface area contributed by atoms with Crippen molar-refractivity contribution in [3.05, 3.63) is 29.8 Å². The summed E-state index contributed by atoms with van der Waals surface area (Å²) in [6.07, 6.45) is 2.98. The number of likely N-dealkylation sites (tertiary alicyclic amines) is 1. The highest BCUT2D eigenvalue weighted by atomic mass is 16.5. The highest BCUT2D eigenvalue weighted by Crippen LogP contribution is 2.24. The number of carbonyl (C=O) groups is 1. The van der Waals surface area contributed by atoms with E-state index in [1.807, 2.05) is 18.2 Å². The molecule has 2 aromatic rings. The van der Waals surface area contributed by atoms with Gasteiger partial charge in [0.15, 0.2) is 0 Å². The summed E-state index contributed by atoms with van der Waals surface area (Å²) in [5.74, 6) is 1.54. The maximum absolute atomic E-state index is 11.4. The number of nitrogens with zero attached hydrogens (tertiary/aromatic N) is 2. The number of methoxy groups -OCH3 is 1. The van der Waals surface area contributed by atoms with Gasteiger partial charge in [0.05, 0.1) is 18.5 Å². The van der Waals surface area contributed by atoms with Crippen LogP contribution in [0, 0.1) is 12.8 Å². The van der Waals surface area contributed by atoms with Gasteiger partial charge in [-0.2, -0.15) is 0 Å². The molecule has 3 N–H and O–H groups in total. The Balaban J connectivity index is 1.54. The SMILES string of the molecule is COc1ccc2c(C)cc(NCCCN3CCC[C@H](C(N)=O)C3)nc2c1. The van der Waals surface area contributed by atoms with Gasteiger partial charge in [0.25, 0.3) is 0 Å². The second kappa shape index (κ2) is 8.36. The maximum Gasteiger partial charge on any atom is 0.221 e. The molecule has 0 bridgehead atoms. The summed E-state index contributed by atoms with van der Waals surface area (Å²) in [5, 5.41) is 4.56. The average molecular weight is 356 g/mol. The summed E-state index contributed by atoms with van der Waals surface area (Å²) < 4.78 is 5.29. The molecule has 1 fully saturated rings. The van der Waals surface area contributed by atoms with E-state index in [9.17, 15) is 4.79 Å². The Morgan fingerprint density at radius 1 is 1.42 bits per heavy atom. The van der Waals surface area contributed by atoms with Crippen molar-refractivity contribution >= 4 is 22.6 Å². The Bertz CT molecular complexity index is 778. The van der Waals surface area contributed by atoms with Crippen LogP contribution in [-0.2, 0) is 4.79 Å². The lowest BCUT2D eigenvalue weighted by molar-refractivity contribution is -0.123. The fraction of sp³-hybridized carbons (Fsp3) is 0.500. The van der Waals surface area contributed by atoms with Crippen molar-refractivity contribution < 1.29 is 9.53 Å². The highest BCUT2D eigenvalue weighted by molar-refractivity contribution is 5.85. The van der Waals surface area contributed by atoms with Gasteiger partial charge >= 0.3 is 0 Å². The van der Waals surface area contributed by atoms with E-state index in [1.54, 1.807) is 7.11 Å². The summed E-state index contributed by atoms with van der Waals surface area (Å²) in [6.45, 7) is 5.76. The van der Waals surface area contributed by atoms with E-state index >= 15 is 0 Å². The van der Waals surface area contributed by atoms with Crippen LogP contribution in [-0.4, -0.2) is 49.1 Å². The zero-order valence-corrected chi connectivity index (χ0v) is 15.6. The number of primary amides is 1. The molecule has 3 rings (SSSR count). The first-order valence-electron chi connectivity index (χ1n) is 9.28. The van der Waals surface area contributed by atoms with Gasteiger partial charge in [-0.3, -0.25) is 4.79 Å². The summed E-state index contributed by atoms with van der Waals surface area (Å²) in [7, 11) is 1.67. The second-order valence-corrected chi connectivity index (χ2v) is 7.03. The average Bonchev–Trinajstić information content (AvgIpc) is 2.65. The Morgan fingerprint density at radius 3 is 3.04 bits per heavy atom. The zero-order valence-electron chi connectivity index (χ0n) is 15.6. The topological polar surface area (TPSA) is 80.5 Å². The van der Waals surface area contributed by atoms with E-state index in [4.69, 9.17) is 15.5 Å². The lowest BCUT2D eigenvalue weighted by atomic mass is 9.97. The van der Waals surface area contributed by atoms with Gasteiger partial charge in [-0.25, -0.2) is 4.98 Å². The second-order valence-electron chi connectivity index (χ2n) is 7.03. The number of anilines is 1. The van der Waals surface area contributed by atoms with Crippen molar-refractivity contribution in [2.45, 2.75) is 26.2 Å². The van der Waals surface area contributed by atoms with Crippen LogP contribution in [0.1, 0.15) is 24.8 Å². The smallest absolute Gasteiger partial charge is 0.221 e. The number of hydrogen-bond acceptors (Lipinski definition) is 5. The van der Waals surface area contributed by atoms with E-state index in [1.165, 1.54) is 5.56 Å². The Morgan fingerprint density at radius 2 is 2.27 bits per heavy atom. The fourth-order valence-corrected chi connectivity index (χ4v) is 3.61. The number of fused-ring (bicyclic) bond motifs is 1. The molecule has 0 unspecified atom stereocenters. The van der Waals surface area contributed by atoms with Crippen molar-refractivity contribution in [2.75, 3.05) is 38.6 Å². The number of benzene rings is 1. The molecule has 140 valence electrons. The minimum absolute atomic E-state index is 0.0106. The zero-order chi connectivity index (χ0) is 18.5. The van der Waals surface area contributed by atoms with Gasteiger partial charge in [-0.1, -0.05) is 0 Å². The molecular weight excluding hydrogens is 328 g/mol. The summed E-state index contributed by atoms with van der Waals surface area (Å²) >= 11 is 0. The van der Waals surface area contributed by atoms with Crippen molar-refractivity contribution in [3.8, 4) is 5.75 Å². The molecule has 6 nitrogen and oxygen atoms in total. The van der Waals surface area contributed by atoms with Crippen LogP contribution in [0.2, 0.25) is 0 Å². The molecule has 1 atom stereocenters. The summed E-state index contributed by atoms with van der Waals surface area (Å²) in [4.78, 5) is 18.4. The number of aromatic nitrogens is 1. The standard InChI is InChI=1S/C20H28N4O2/c1-14-11-19(23-18-12-16(26-2)6-7-17(14)18)22-8-4-10-24-9-3-5-15(13-24)20(21)25/h6-7,11-12,15H,3-5,8-10,13H2,1-2H3,(H2,21,25)(H,22,23)/t15-/m0/s1. The van der Waals surface area contributed by atoms with Crippen molar-refractivity contribution in [1.82, 2.24) is 9.88 Å². The maximum atomic E-state index is 11.4. The summed E-state index contributed by atoms with van der Waals surface area (Å²) in [6, 6.07) is 8.05. The first-order chi connectivity index (χ1) is 12.6. The minimum atomic E-state index is -0.168. The Labute approximate surface area is 154 Å².